The van der Waals surface area contributed by atoms with Crippen LogP contribution in [0.25, 0.3) is 54.7 Å². The van der Waals surface area contributed by atoms with Crippen LogP contribution in [-0.2, 0) is 19.1 Å². The minimum absolute atomic E-state index is 0.0604. The average Bonchev–Trinajstić information content (AvgIpc) is 4.06. The number of likely N-dealkylation sites (tertiary alicyclic amines) is 2. The lowest BCUT2D eigenvalue weighted by molar-refractivity contribution is -0.135. The number of nitrogens with one attached hydrogen (secondary N) is 4. The van der Waals surface area contributed by atoms with Gasteiger partial charge >= 0.3 is 12.2 Å². The van der Waals surface area contributed by atoms with Gasteiger partial charge in [-0.15, -0.1) is 0 Å². The van der Waals surface area contributed by atoms with Crippen molar-refractivity contribution in [3.8, 4) is 11.1 Å². The predicted molar refractivity (Wildman–Crippen MR) is 231 cm³/mol. The minimum atomic E-state index is -0.839. The van der Waals surface area contributed by atoms with E-state index >= 15 is 8.78 Å². The molecule has 62 heavy (non-hydrogen) atoms. The Morgan fingerprint density at radius 1 is 0.645 bits per heavy atom. The van der Waals surface area contributed by atoms with Gasteiger partial charge in [0.05, 0.1) is 36.3 Å². The molecular weight excluding hydrogens is 799 g/mol. The second-order valence-electron chi connectivity index (χ2n) is 16.6. The van der Waals surface area contributed by atoms with Gasteiger partial charge in [-0.05, 0) is 60.1 Å². The Bertz CT molecular complexity index is 2660. The molecule has 322 valence electrons. The molecule has 4 amide bonds. The average molecular weight is 847 g/mol. The standard InChI is InChI=1S/C46H48F2N8O6/c1-21(2)35(53-45(59)61-7)43(57)55-19-17-23(5)39(55)41-49-31-15-13-27-29(37(31)51-41)11-9-25(33(27)47)26-10-12-30-28(34(26)48)14-16-32-38(30)52-42(50-32)40-24(6)18-20-56(40)44(58)36(22(3)4)54-46(60)62-8/h9-16,21-22,35-36,39-40H,5-6,17-20H2,1-4,7-8H3,(H,49,51)(H,50,52)(H,53,59)(H,54,60)/t35-,36-,39-,40-/m0/s1. The number of hydrogen-bond donors (Lipinski definition) is 4. The number of aromatic amines is 2. The van der Waals surface area contributed by atoms with Gasteiger partial charge in [0, 0.05) is 45.8 Å². The molecule has 14 nitrogen and oxygen atoms in total. The fraction of sp³-hybridized carbons (Fsp3) is 0.348. The maximum Gasteiger partial charge on any atom is 0.407 e. The highest BCUT2D eigenvalue weighted by Crippen LogP contribution is 2.41. The first-order valence-electron chi connectivity index (χ1n) is 20.5. The first-order valence-corrected chi connectivity index (χ1v) is 20.5. The van der Waals surface area contributed by atoms with E-state index in [1.807, 2.05) is 27.7 Å². The molecule has 2 aromatic heterocycles. The van der Waals surface area contributed by atoms with Gasteiger partial charge in [0.1, 0.15) is 47.5 Å². The lowest BCUT2D eigenvalue weighted by Crippen LogP contribution is -2.51. The zero-order valence-electron chi connectivity index (χ0n) is 35.3. The van der Waals surface area contributed by atoms with Crippen molar-refractivity contribution in [3.05, 3.63) is 96.1 Å². The second-order valence-corrected chi connectivity index (χ2v) is 16.6. The molecule has 0 unspecified atom stereocenters. The van der Waals surface area contributed by atoms with E-state index in [1.54, 1.807) is 46.2 Å². The molecule has 16 heteroatoms. The van der Waals surface area contributed by atoms with Crippen molar-refractivity contribution in [2.24, 2.45) is 11.8 Å². The van der Waals surface area contributed by atoms with Crippen LogP contribution in [0.5, 0.6) is 0 Å². The number of ether oxygens (including phenoxy) is 2. The number of halogens is 2. The Morgan fingerprint density at radius 3 is 1.37 bits per heavy atom. The van der Waals surface area contributed by atoms with Crippen molar-refractivity contribution in [2.45, 2.75) is 64.7 Å². The number of H-pyrrole nitrogens is 2. The van der Waals surface area contributed by atoms with Gasteiger partial charge < -0.3 is 39.9 Å². The van der Waals surface area contributed by atoms with Gasteiger partial charge in [-0.25, -0.2) is 28.3 Å². The van der Waals surface area contributed by atoms with Crippen molar-refractivity contribution in [1.29, 1.82) is 0 Å². The van der Waals surface area contributed by atoms with E-state index in [1.165, 1.54) is 26.4 Å². The van der Waals surface area contributed by atoms with Gasteiger partial charge in [-0.1, -0.05) is 65.1 Å². The quantitative estimate of drug-likeness (QED) is 0.106. The number of benzene rings is 4. The largest absolute Gasteiger partial charge is 0.453 e. The molecule has 2 aliphatic heterocycles. The molecule has 8 rings (SSSR count). The molecule has 4 aromatic carbocycles. The molecule has 4 atom stereocenters. The van der Waals surface area contributed by atoms with Crippen molar-refractivity contribution < 1.29 is 37.4 Å². The van der Waals surface area contributed by atoms with E-state index in [4.69, 9.17) is 19.4 Å². The number of rotatable bonds is 9. The van der Waals surface area contributed by atoms with Crippen molar-refractivity contribution in [3.63, 3.8) is 0 Å². The summed E-state index contributed by atoms with van der Waals surface area (Å²) >= 11 is 0. The normalized spacial score (nSPS) is 17.8. The number of alkyl carbamates (subject to hydrolysis) is 2. The highest BCUT2D eigenvalue weighted by molar-refractivity contribution is 6.08. The number of carbonyl (C=O) groups excluding carboxylic acids is 4. The van der Waals surface area contributed by atoms with Crippen LogP contribution in [0.1, 0.15) is 64.3 Å². The van der Waals surface area contributed by atoms with Gasteiger partial charge in [-0.3, -0.25) is 9.59 Å². The number of imidazole rings is 2. The van der Waals surface area contributed by atoms with E-state index < -0.39 is 48.0 Å². The summed E-state index contributed by atoms with van der Waals surface area (Å²) in [6, 6.07) is 10.2. The zero-order valence-corrected chi connectivity index (χ0v) is 35.3. The van der Waals surface area contributed by atoms with Crippen LogP contribution in [0.4, 0.5) is 18.4 Å². The molecule has 0 radical (unpaired) electrons. The Balaban J connectivity index is 1.11. The number of nitrogens with zero attached hydrogens (tertiary/aromatic N) is 4. The molecule has 0 aliphatic carbocycles. The molecule has 0 spiro atoms. The molecule has 0 saturated carbocycles. The molecule has 4 N–H and O–H groups in total. The van der Waals surface area contributed by atoms with Crippen molar-refractivity contribution in [1.82, 2.24) is 40.4 Å². The predicted octanol–water partition coefficient (Wildman–Crippen LogP) is 8.11. The van der Waals surface area contributed by atoms with Crippen LogP contribution in [0.2, 0.25) is 0 Å². The summed E-state index contributed by atoms with van der Waals surface area (Å²) in [6.07, 6.45) is -0.353. The zero-order chi connectivity index (χ0) is 44.3. The summed E-state index contributed by atoms with van der Waals surface area (Å²) in [7, 11) is 2.48. The van der Waals surface area contributed by atoms with Crippen LogP contribution < -0.4 is 10.6 Å². The lowest BCUT2D eigenvalue weighted by atomic mass is 9.96. The Kier molecular flexibility index (Phi) is 11.0. The van der Waals surface area contributed by atoms with E-state index in [-0.39, 0.29) is 45.5 Å². The third-order valence-electron chi connectivity index (χ3n) is 12.1. The fourth-order valence-electron chi connectivity index (χ4n) is 8.81. The van der Waals surface area contributed by atoms with Crippen molar-refractivity contribution in [2.75, 3.05) is 27.3 Å². The van der Waals surface area contributed by atoms with Crippen LogP contribution in [-0.4, -0.2) is 93.1 Å². The summed E-state index contributed by atoms with van der Waals surface area (Å²) in [6.45, 7) is 16.5. The summed E-state index contributed by atoms with van der Waals surface area (Å²) in [5.74, 6) is -1.41. The summed E-state index contributed by atoms with van der Waals surface area (Å²) in [5, 5.41) is 6.74. The van der Waals surface area contributed by atoms with E-state index in [2.05, 4.69) is 33.8 Å². The number of carbonyl (C=O) groups is 4. The van der Waals surface area contributed by atoms with Gasteiger partial charge in [0.2, 0.25) is 11.8 Å². The van der Waals surface area contributed by atoms with Crippen molar-refractivity contribution >= 4 is 67.6 Å². The highest BCUT2D eigenvalue weighted by atomic mass is 19.1. The van der Waals surface area contributed by atoms with Gasteiger partial charge in [0.25, 0.3) is 0 Å². The molecule has 2 saturated heterocycles. The maximum atomic E-state index is 16.7. The number of methoxy groups -OCH3 is 2. The summed E-state index contributed by atoms with van der Waals surface area (Å²) < 4.78 is 42.8. The van der Waals surface area contributed by atoms with Crippen LogP contribution in [0, 0.1) is 23.5 Å². The van der Waals surface area contributed by atoms with Crippen LogP contribution in [0.15, 0.2) is 72.8 Å². The van der Waals surface area contributed by atoms with Gasteiger partial charge in [0.15, 0.2) is 0 Å². The van der Waals surface area contributed by atoms with Gasteiger partial charge in [-0.2, -0.15) is 0 Å². The topological polar surface area (TPSA) is 175 Å². The molecule has 4 heterocycles. The third-order valence-corrected chi connectivity index (χ3v) is 12.1. The van der Waals surface area contributed by atoms with E-state index in [9.17, 15) is 19.2 Å². The molecule has 2 aliphatic rings. The van der Waals surface area contributed by atoms with Crippen LogP contribution in [0.3, 0.4) is 0 Å². The molecular formula is C46H48F2N8O6. The molecule has 6 aromatic rings. The SMILES string of the molecule is C=C1CCN(C(=O)[C@@H](NC(=O)OC)C(C)C)[C@@H]1c1nc2c(ccc3c(F)c(-c4ccc5c(ccc6[nH]c([C@@H]7C(=C)CCN7C(=O)[C@@H](NC(=O)OC)C(C)C)nc65)c4F)ccc32)[nH]1. The first kappa shape index (κ1) is 41.9. The third kappa shape index (κ3) is 7.06. The Morgan fingerprint density at radius 2 is 1.02 bits per heavy atom. The smallest absolute Gasteiger partial charge is 0.407 e. The Labute approximate surface area is 355 Å². The number of amides is 4. The number of fused-ring (bicyclic) bond motifs is 6. The molecule has 0 bridgehead atoms. The van der Waals surface area contributed by atoms with E-state index in [0.29, 0.717) is 70.4 Å². The maximum absolute atomic E-state index is 16.7. The van der Waals surface area contributed by atoms with Crippen LogP contribution >= 0.6 is 0 Å². The van der Waals surface area contributed by atoms with E-state index in [0.717, 1.165) is 11.1 Å². The summed E-state index contributed by atoms with van der Waals surface area (Å²) in [5.41, 5.74) is 3.83. The highest BCUT2D eigenvalue weighted by Gasteiger charge is 2.41. The molecule has 2 fully saturated rings. The number of hydrogen-bond acceptors (Lipinski definition) is 8. The number of aromatic nitrogens is 4. The Hall–Kier alpha value is -6.84. The lowest BCUT2D eigenvalue weighted by Gasteiger charge is -2.30. The summed E-state index contributed by atoms with van der Waals surface area (Å²) in [4.78, 5) is 71.5. The minimum Gasteiger partial charge on any atom is -0.453 e. The second kappa shape index (κ2) is 16.2. The first-order chi connectivity index (χ1) is 29.6. The monoisotopic (exact) mass is 846 g/mol. The fourth-order valence-corrected chi connectivity index (χ4v) is 8.81.